The van der Waals surface area contributed by atoms with Gasteiger partial charge in [0, 0.05) is 17.6 Å². The van der Waals surface area contributed by atoms with Gasteiger partial charge in [-0.1, -0.05) is 24.6 Å². The van der Waals surface area contributed by atoms with Crippen LogP contribution in [0.25, 0.3) is 0 Å². The van der Waals surface area contributed by atoms with Crippen molar-refractivity contribution in [2.24, 2.45) is 5.92 Å². The van der Waals surface area contributed by atoms with Gasteiger partial charge in [-0.2, -0.15) is 0 Å². The van der Waals surface area contributed by atoms with Gasteiger partial charge in [-0.25, -0.2) is 4.39 Å². The van der Waals surface area contributed by atoms with E-state index in [-0.39, 0.29) is 29.8 Å². The van der Waals surface area contributed by atoms with Gasteiger partial charge in [-0.15, -0.1) is 0 Å². The first kappa shape index (κ1) is 16.0. The van der Waals surface area contributed by atoms with Crippen LogP contribution in [0.5, 0.6) is 0 Å². The quantitative estimate of drug-likeness (QED) is 0.843. The van der Waals surface area contributed by atoms with Gasteiger partial charge in [0.05, 0.1) is 12.5 Å². The monoisotopic (exact) mass is 293 g/mol. The van der Waals surface area contributed by atoms with Crippen molar-refractivity contribution in [3.63, 3.8) is 0 Å². The fraction of sp³-hybridized carbons (Fsp3) is 0.588. The lowest BCUT2D eigenvalue weighted by molar-refractivity contribution is -0.149. The third kappa shape index (κ3) is 4.27. The molecule has 1 aliphatic rings. The minimum atomic E-state index is -0.185. The molecule has 3 nitrogen and oxygen atoms in total. The highest BCUT2D eigenvalue weighted by Gasteiger charge is 2.29. The van der Waals surface area contributed by atoms with Crippen LogP contribution in [-0.2, 0) is 9.53 Å². The van der Waals surface area contributed by atoms with Crippen LogP contribution in [0.4, 0.5) is 4.39 Å². The van der Waals surface area contributed by atoms with E-state index in [0.29, 0.717) is 12.2 Å². The zero-order valence-corrected chi connectivity index (χ0v) is 12.8. The van der Waals surface area contributed by atoms with Crippen LogP contribution in [0.15, 0.2) is 24.3 Å². The van der Waals surface area contributed by atoms with Gasteiger partial charge in [0.25, 0.3) is 0 Å². The fourth-order valence-corrected chi connectivity index (χ4v) is 3.08. The van der Waals surface area contributed by atoms with E-state index in [4.69, 9.17) is 4.74 Å². The molecule has 0 aliphatic heterocycles. The molecular formula is C17H24FNO2. The van der Waals surface area contributed by atoms with E-state index < -0.39 is 0 Å². The second kappa shape index (κ2) is 7.55. The second-order valence-electron chi connectivity index (χ2n) is 5.72. The maximum atomic E-state index is 13.8. The molecule has 0 heterocycles. The SMILES string of the molecule is CCOC(=O)C1CCCC(NC(C)c2ccccc2F)C1. The molecule has 0 spiro atoms. The molecule has 1 aliphatic carbocycles. The Balaban J connectivity index is 1.93. The number of rotatable bonds is 5. The smallest absolute Gasteiger partial charge is 0.308 e. The van der Waals surface area contributed by atoms with Crippen LogP contribution in [0.3, 0.4) is 0 Å². The summed E-state index contributed by atoms with van der Waals surface area (Å²) in [7, 11) is 0. The van der Waals surface area contributed by atoms with Crippen LogP contribution in [0.2, 0.25) is 0 Å². The predicted octanol–water partition coefficient (Wildman–Crippen LogP) is 3.60. The molecule has 3 atom stereocenters. The van der Waals surface area contributed by atoms with Crippen LogP contribution in [0, 0.1) is 11.7 Å². The van der Waals surface area contributed by atoms with Gasteiger partial charge in [-0.3, -0.25) is 4.79 Å². The Morgan fingerprint density at radius 3 is 2.90 bits per heavy atom. The first-order chi connectivity index (χ1) is 10.1. The topological polar surface area (TPSA) is 38.3 Å². The van der Waals surface area contributed by atoms with Crippen LogP contribution < -0.4 is 5.32 Å². The van der Waals surface area contributed by atoms with E-state index in [0.717, 1.165) is 25.7 Å². The average molecular weight is 293 g/mol. The molecule has 3 unspecified atom stereocenters. The summed E-state index contributed by atoms with van der Waals surface area (Å²) in [5.41, 5.74) is 0.677. The molecular weight excluding hydrogens is 269 g/mol. The molecule has 0 aromatic heterocycles. The molecule has 116 valence electrons. The van der Waals surface area contributed by atoms with E-state index in [1.165, 1.54) is 6.07 Å². The molecule has 1 aromatic rings. The highest BCUT2D eigenvalue weighted by Crippen LogP contribution is 2.27. The summed E-state index contributed by atoms with van der Waals surface area (Å²) < 4.78 is 18.9. The van der Waals surface area contributed by atoms with Crippen molar-refractivity contribution in [3.8, 4) is 0 Å². The van der Waals surface area contributed by atoms with Crippen LogP contribution in [0.1, 0.15) is 51.1 Å². The standard InChI is InChI=1S/C17H24FNO2/c1-3-21-17(20)13-7-6-8-14(11-13)19-12(2)15-9-4-5-10-16(15)18/h4-5,9-10,12-14,19H,3,6-8,11H2,1-2H3. The first-order valence-electron chi connectivity index (χ1n) is 7.79. The third-order valence-corrected chi connectivity index (χ3v) is 4.15. The molecule has 21 heavy (non-hydrogen) atoms. The van der Waals surface area contributed by atoms with Crippen molar-refractivity contribution in [2.45, 2.75) is 51.6 Å². The number of carbonyl (C=O) groups is 1. The summed E-state index contributed by atoms with van der Waals surface area (Å²) in [5, 5.41) is 3.46. The van der Waals surface area contributed by atoms with Gasteiger partial charge in [0.2, 0.25) is 0 Å². The largest absolute Gasteiger partial charge is 0.466 e. The molecule has 1 aromatic carbocycles. The van der Waals surface area contributed by atoms with Crippen molar-refractivity contribution < 1.29 is 13.9 Å². The molecule has 0 saturated heterocycles. The maximum Gasteiger partial charge on any atom is 0.308 e. The van der Waals surface area contributed by atoms with E-state index in [1.807, 2.05) is 19.9 Å². The lowest BCUT2D eigenvalue weighted by Crippen LogP contribution is -2.38. The second-order valence-corrected chi connectivity index (χ2v) is 5.72. The third-order valence-electron chi connectivity index (χ3n) is 4.15. The Labute approximate surface area is 125 Å². The van der Waals surface area contributed by atoms with Crippen LogP contribution >= 0.6 is 0 Å². The molecule has 4 heteroatoms. The fourth-order valence-electron chi connectivity index (χ4n) is 3.08. The minimum absolute atomic E-state index is 0.0241. The Morgan fingerprint density at radius 2 is 2.19 bits per heavy atom. The van der Waals surface area contributed by atoms with E-state index in [9.17, 15) is 9.18 Å². The van der Waals surface area contributed by atoms with E-state index in [1.54, 1.807) is 12.1 Å². The highest BCUT2D eigenvalue weighted by atomic mass is 19.1. The molecule has 2 rings (SSSR count). The summed E-state index contributed by atoms with van der Waals surface area (Å²) in [6.45, 7) is 4.22. The number of halogens is 1. The number of ether oxygens (including phenoxy) is 1. The van der Waals surface area contributed by atoms with Crippen molar-refractivity contribution in [3.05, 3.63) is 35.6 Å². The van der Waals surface area contributed by atoms with Crippen molar-refractivity contribution in [1.82, 2.24) is 5.32 Å². The lowest BCUT2D eigenvalue weighted by Gasteiger charge is -2.31. The zero-order chi connectivity index (χ0) is 15.2. The van der Waals surface area contributed by atoms with Gasteiger partial charge in [0.1, 0.15) is 5.82 Å². The summed E-state index contributed by atoms with van der Waals surface area (Å²) in [6.07, 6.45) is 3.70. The number of hydrogen-bond acceptors (Lipinski definition) is 3. The van der Waals surface area contributed by atoms with Crippen LogP contribution in [-0.4, -0.2) is 18.6 Å². The Hall–Kier alpha value is -1.42. The van der Waals surface area contributed by atoms with Crippen molar-refractivity contribution in [2.75, 3.05) is 6.61 Å². The zero-order valence-electron chi connectivity index (χ0n) is 12.8. The van der Waals surface area contributed by atoms with Gasteiger partial charge in [0.15, 0.2) is 0 Å². The molecule has 0 bridgehead atoms. The Kier molecular flexibility index (Phi) is 5.74. The van der Waals surface area contributed by atoms with E-state index in [2.05, 4.69) is 5.32 Å². The normalized spacial score (nSPS) is 23.6. The van der Waals surface area contributed by atoms with Gasteiger partial charge in [-0.05, 0) is 39.2 Å². The summed E-state index contributed by atoms with van der Waals surface area (Å²) in [5.74, 6) is -0.304. The first-order valence-corrected chi connectivity index (χ1v) is 7.79. The number of esters is 1. The molecule has 0 radical (unpaired) electrons. The summed E-state index contributed by atoms with van der Waals surface area (Å²) >= 11 is 0. The summed E-state index contributed by atoms with van der Waals surface area (Å²) in [4.78, 5) is 11.8. The predicted molar refractivity (Wildman–Crippen MR) is 80.3 cm³/mol. The minimum Gasteiger partial charge on any atom is -0.466 e. The number of hydrogen-bond donors (Lipinski definition) is 1. The Morgan fingerprint density at radius 1 is 1.43 bits per heavy atom. The molecule has 1 saturated carbocycles. The Bertz CT molecular complexity index is 478. The van der Waals surface area contributed by atoms with Gasteiger partial charge < -0.3 is 10.1 Å². The average Bonchev–Trinajstić information content (AvgIpc) is 2.48. The summed E-state index contributed by atoms with van der Waals surface area (Å²) in [6, 6.07) is 7.01. The molecule has 0 amide bonds. The van der Waals surface area contributed by atoms with Crippen molar-refractivity contribution in [1.29, 1.82) is 0 Å². The highest BCUT2D eigenvalue weighted by molar-refractivity contribution is 5.72. The molecule has 1 fully saturated rings. The number of carbonyl (C=O) groups excluding carboxylic acids is 1. The molecule has 1 N–H and O–H groups in total. The number of nitrogens with one attached hydrogen (secondary N) is 1. The maximum absolute atomic E-state index is 13.8. The lowest BCUT2D eigenvalue weighted by atomic mass is 9.85. The van der Waals surface area contributed by atoms with Gasteiger partial charge >= 0.3 is 5.97 Å². The van der Waals surface area contributed by atoms with E-state index >= 15 is 0 Å². The number of benzene rings is 1. The van der Waals surface area contributed by atoms with Crippen molar-refractivity contribution >= 4 is 5.97 Å².